The van der Waals surface area contributed by atoms with Crippen molar-refractivity contribution in [3.63, 3.8) is 0 Å². The van der Waals surface area contributed by atoms with Crippen molar-refractivity contribution in [3.8, 4) is 24.7 Å². The fraction of sp³-hybridized carbons (Fsp3) is 0.667. The van der Waals surface area contributed by atoms with Gasteiger partial charge in [-0.05, 0) is 25.7 Å². The normalized spacial score (nSPS) is 24.4. The molecule has 0 saturated carbocycles. The minimum Gasteiger partial charge on any atom is -0.455 e. The molecule has 0 aliphatic carbocycles. The standard InChI is InChI=1S/C36H50O8/c1-4-6-8-10-12-14-16-21-25-30(37)42-33-32-29(27-40-35(44-32)28-23-19-18-20-24-28)41-36(39-3)34(33)43-31(38)26-22-17-15-13-11-9-7-5-2/h1-2,18-20,23-24,29,32-36H,6-17,21-22,25-27H2,3H3/t29-,32-,33+,34-,35?,36+/m1/s1. The van der Waals surface area contributed by atoms with Crippen LogP contribution in [0.15, 0.2) is 30.3 Å². The van der Waals surface area contributed by atoms with E-state index in [-0.39, 0.29) is 31.4 Å². The maximum Gasteiger partial charge on any atom is 0.306 e. The van der Waals surface area contributed by atoms with Crippen LogP contribution in [-0.4, -0.2) is 56.4 Å². The van der Waals surface area contributed by atoms with E-state index in [9.17, 15) is 9.59 Å². The van der Waals surface area contributed by atoms with Gasteiger partial charge in [0.05, 0.1) is 6.61 Å². The summed E-state index contributed by atoms with van der Waals surface area (Å²) >= 11 is 0. The van der Waals surface area contributed by atoms with E-state index < -0.39 is 37.0 Å². The number of rotatable bonds is 20. The van der Waals surface area contributed by atoms with Gasteiger partial charge in [0.1, 0.15) is 12.2 Å². The Hall–Kier alpha value is -2.88. The van der Waals surface area contributed by atoms with Gasteiger partial charge >= 0.3 is 11.9 Å². The van der Waals surface area contributed by atoms with Crippen LogP contribution in [0.5, 0.6) is 0 Å². The second-order valence-electron chi connectivity index (χ2n) is 11.5. The van der Waals surface area contributed by atoms with Crippen molar-refractivity contribution in [2.24, 2.45) is 0 Å². The highest BCUT2D eigenvalue weighted by atomic mass is 16.8. The van der Waals surface area contributed by atoms with Crippen LogP contribution in [0.3, 0.4) is 0 Å². The lowest BCUT2D eigenvalue weighted by Crippen LogP contribution is -2.64. The van der Waals surface area contributed by atoms with Crippen LogP contribution >= 0.6 is 0 Å². The minimum atomic E-state index is -0.979. The molecule has 3 rings (SSSR count). The molecule has 0 radical (unpaired) electrons. The zero-order valence-electron chi connectivity index (χ0n) is 26.3. The highest BCUT2D eigenvalue weighted by molar-refractivity contribution is 5.70. The van der Waals surface area contributed by atoms with E-state index in [1.807, 2.05) is 30.3 Å². The van der Waals surface area contributed by atoms with E-state index in [4.69, 9.17) is 41.3 Å². The number of unbranched alkanes of at least 4 members (excludes halogenated alkanes) is 12. The Morgan fingerprint density at radius 3 is 1.82 bits per heavy atom. The van der Waals surface area contributed by atoms with E-state index >= 15 is 0 Å². The van der Waals surface area contributed by atoms with Crippen LogP contribution < -0.4 is 0 Å². The molecule has 8 nitrogen and oxygen atoms in total. The van der Waals surface area contributed by atoms with Gasteiger partial charge in [0.2, 0.25) is 0 Å². The lowest BCUT2D eigenvalue weighted by Gasteiger charge is -2.47. The predicted molar refractivity (Wildman–Crippen MR) is 167 cm³/mol. The number of hydrogen-bond acceptors (Lipinski definition) is 8. The Kier molecular flexibility index (Phi) is 17.0. The lowest BCUT2D eigenvalue weighted by atomic mass is 9.97. The fourth-order valence-corrected chi connectivity index (χ4v) is 5.60. The molecule has 2 fully saturated rings. The Morgan fingerprint density at radius 2 is 1.27 bits per heavy atom. The molecule has 2 aliphatic heterocycles. The number of benzene rings is 1. The number of ether oxygens (including phenoxy) is 6. The smallest absolute Gasteiger partial charge is 0.306 e. The van der Waals surface area contributed by atoms with E-state index in [1.54, 1.807) is 0 Å². The summed E-state index contributed by atoms with van der Waals surface area (Å²) in [7, 11) is 1.48. The maximum absolute atomic E-state index is 13.1. The lowest BCUT2D eigenvalue weighted by molar-refractivity contribution is -0.359. The molecule has 1 aromatic carbocycles. The van der Waals surface area contributed by atoms with Gasteiger partial charge in [-0.2, -0.15) is 0 Å². The molecule has 2 heterocycles. The van der Waals surface area contributed by atoms with E-state index in [2.05, 4.69) is 11.8 Å². The molecule has 8 heteroatoms. The van der Waals surface area contributed by atoms with E-state index in [0.717, 1.165) is 82.6 Å². The predicted octanol–water partition coefficient (Wildman–Crippen LogP) is 6.80. The number of hydrogen-bond donors (Lipinski definition) is 0. The first-order valence-corrected chi connectivity index (χ1v) is 16.3. The largest absolute Gasteiger partial charge is 0.455 e. The van der Waals surface area contributed by atoms with Crippen molar-refractivity contribution < 1.29 is 38.0 Å². The third-order valence-electron chi connectivity index (χ3n) is 8.03. The number of fused-ring (bicyclic) bond motifs is 1. The summed E-state index contributed by atoms with van der Waals surface area (Å²) in [6.45, 7) is 0.208. The molecule has 2 aliphatic rings. The summed E-state index contributed by atoms with van der Waals surface area (Å²) in [5, 5.41) is 0. The van der Waals surface area contributed by atoms with Crippen molar-refractivity contribution in [2.75, 3.05) is 13.7 Å². The summed E-state index contributed by atoms with van der Waals surface area (Å²) in [6, 6.07) is 9.54. The molecule has 242 valence electrons. The average molecular weight is 611 g/mol. The van der Waals surface area contributed by atoms with Crippen molar-refractivity contribution in [2.45, 2.75) is 140 Å². The molecular weight excluding hydrogens is 560 g/mol. The molecule has 1 unspecified atom stereocenters. The summed E-state index contributed by atoms with van der Waals surface area (Å²) in [5.41, 5.74) is 0.833. The number of carbonyl (C=O) groups is 2. The molecule has 0 amide bonds. The molecule has 0 bridgehead atoms. The fourth-order valence-electron chi connectivity index (χ4n) is 5.60. The van der Waals surface area contributed by atoms with Crippen molar-refractivity contribution in [1.82, 2.24) is 0 Å². The topological polar surface area (TPSA) is 89.5 Å². The van der Waals surface area contributed by atoms with Gasteiger partial charge in [0, 0.05) is 38.4 Å². The van der Waals surface area contributed by atoms with Crippen LogP contribution in [0.4, 0.5) is 0 Å². The van der Waals surface area contributed by atoms with Crippen molar-refractivity contribution in [3.05, 3.63) is 35.9 Å². The van der Waals surface area contributed by atoms with Gasteiger partial charge in [0.25, 0.3) is 0 Å². The molecule has 6 atom stereocenters. The highest BCUT2D eigenvalue weighted by Gasteiger charge is 2.54. The molecule has 44 heavy (non-hydrogen) atoms. The summed E-state index contributed by atoms with van der Waals surface area (Å²) in [5.74, 6) is 4.58. The quantitative estimate of drug-likeness (QED) is 0.0905. The molecular formula is C36H50O8. The molecule has 0 spiro atoms. The van der Waals surface area contributed by atoms with Gasteiger partial charge in [-0.25, -0.2) is 0 Å². The minimum absolute atomic E-state index is 0.208. The number of esters is 2. The SMILES string of the molecule is C#CCCCCCCCCC(=O)O[C@@H]1[C@@H](OC(=O)CCCCCCCCC#C)[C@@H](OC)O[C@@H]2COC(c3ccccc3)O[C@@H]12. The zero-order chi connectivity index (χ0) is 31.4. The van der Waals surface area contributed by atoms with Gasteiger partial charge in [-0.3, -0.25) is 9.59 Å². The Morgan fingerprint density at radius 1 is 0.750 bits per heavy atom. The summed E-state index contributed by atoms with van der Waals surface area (Å²) in [6.07, 6.45) is 19.8. The van der Waals surface area contributed by atoms with Crippen LogP contribution in [0.25, 0.3) is 0 Å². The van der Waals surface area contributed by atoms with Crippen LogP contribution in [0.1, 0.15) is 115 Å². The summed E-state index contributed by atoms with van der Waals surface area (Å²) in [4.78, 5) is 26.1. The third kappa shape index (κ3) is 12.3. The first-order valence-electron chi connectivity index (χ1n) is 16.3. The number of methoxy groups -OCH3 is 1. The average Bonchev–Trinajstić information content (AvgIpc) is 3.04. The third-order valence-corrected chi connectivity index (χ3v) is 8.03. The second-order valence-corrected chi connectivity index (χ2v) is 11.5. The molecule has 0 aromatic heterocycles. The maximum atomic E-state index is 13.1. The van der Waals surface area contributed by atoms with Crippen molar-refractivity contribution in [1.29, 1.82) is 0 Å². The summed E-state index contributed by atoms with van der Waals surface area (Å²) < 4.78 is 36.0. The van der Waals surface area contributed by atoms with Crippen LogP contribution in [0.2, 0.25) is 0 Å². The van der Waals surface area contributed by atoms with Crippen LogP contribution in [0, 0.1) is 24.7 Å². The second kappa shape index (κ2) is 21.0. The number of carbonyl (C=O) groups excluding carboxylic acids is 2. The van der Waals surface area contributed by atoms with Gasteiger partial charge in [-0.15, -0.1) is 24.7 Å². The molecule has 1 aromatic rings. The van der Waals surface area contributed by atoms with Gasteiger partial charge in [0.15, 0.2) is 24.8 Å². The monoisotopic (exact) mass is 610 g/mol. The number of terminal acetylenes is 2. The van der Waals surface area contributed by atoms with E-state index in [0.29, 0.717) is 12.8 Å². The Labute approximate surface area is 263 Å². The van der Waals surface area contributed by atoms with Gasteiger partial charge < -0.3 is 28.4 Å². The molecule has 2 saturated heterocycles. The van der Waals surface area contributed by atoms with Gasteiger partial charge in [-0.1, -0.05) is 81.7 Å². The first kappa shape index (κ1) is 35.6. The zero-order valence-corrected chi connectivity index (χ0v) is 26.3. The molecule has 0 N–H and O–H groups in total. The van der Waals surface area contributed by atoms with Crippen LogP contribution in [-0.2, 0) is 38.0 Å². The Bertz CT molecular complexity index is 1040. The first-order chi connectivity index (χ1) is 21.6. The highest BCUT2D eigenvalue weighted by Crippen LogP contribution is 2.37. The Balaban J connectivity index is 1.60. The van der Waals surface area contributed by atoms with E-state index in [1.165, 1.54) is 7.11 Å². The van der Waals surface area contributed by atoms with Crippen molar-refractivity contribution >= 4 is 11.9 Å².